The molecule has 2 saturated heterocycles. The lowest BCUT2D eigenvalue weighted by atomic mass is 9.85. The first-order chi connectivity index (χ1) is 47.3. The monoisotopic (exact) mass is 1430 g/mol. The molecule has 99 heavy (non-hydrogen) atoms. The summed E-state index contributed by atoms with van der Waals surface area (Å²) in [5, 5.41) is 50.7. The number of Topliss-reactive ketones (excluding diaryl/α,β-unsaturated/α-hetero) is 2. The van der Waals surface area contributed by atoms with Gasteiger partial charge in [0.15, 0.2) is 11.6 Å². The molecule has 4 aliphatic rings. The van der Waals surface area contributed by atoms with Crippen LogP contribution in [-0.2, 0) is 99.5 Å². The molecular weight excluding hydrogens is 1340 g/mol. The Kier molecular flexibility index (Phi) is 32.4. The van der Waals surface area contributed by atoms with E-state index in [9.17, 15) is 68.1 Å². The van der Waals surface area contributed by atoms with Crippen LogP contribution in [-0.4, -0.2) is 259 Å². The first-order valence-corrected chi connectivity index (χ1v) is 35.6. The third kappa shape index (κ3) is 23.7. The van der Waals surface area contributed by atoms with Gasteiger partial charge in [0.2, 0.25) is 59.1 Å². The number of benzene rings is 1. The smallest absolute Gasteiger partial charge is 0.246 e. The molecule has 12 atom stereocenters. The summed E-state index contributed by atoms with van der Waals surface area (Å²) in [5.74, 6) is -13.6. The molecule has 5 heterocycles. The Bertz CT molecular complexity index is 3260. The number of ether oxygens (including phenoxy) is 5. The molecule has 2 bridgehead atoms. The summed E-state index contributed by atoms with van der Waals surface area (Å²) in [6, 6.07) is -3.78. The zero-order valence-electron chi connectivity index (χ0n) is 56.5. The van der Waals surface area contributed by atoms with Crippen LogP contribution in [0.5, 0.6) is 5.75 Å². The van der Waals surface area contributed by atoms with E-state index in [1.54, 1.807) is 39.1 Å². The van der Waals surface area contributed by atoms with E-state index in [-0.39, 0.29) is 85.7 Å². The highest BCUT2D eigenvalue weighted by Gasteiger charge is 2.45. The maximum Gasteiger partial charge on any atom is 0.246 e. The Labute approximate surface area is 579 Å². The second kappa shape index (κ2) is 40.0. The van der Waals surface area contributed by atoms with E-state index in [2.05, 4.69) is 42.2 Å². The number of nitrogens with two attached hydrogens (primary N) is 2. The lowest BCUT2D eigenvalue weighted by Gasteiger charge is -2.32. The summed E-state index contributed by atoms with van der Waals surface area (Å²) in [6.45, 7) is 6.74. The van der Waals surface area contributed by atoms with Gasteiger partial charge in [-0.3, -0.25) is 66.6 Å². The molecule has 35 heteroatoms. The van der Waals surface area contributed by atoms with E-state index in [0.29, 0.717) is 79.7 Å². The van der Waals surface area contributed by atoms with Crippen molar-refractivity contribution in [3.8, 4) is 5.75 Å². The van der Waals surface area contributed by atoms with Crippen LogP contribution in [0.4, 0.5) is 0 Å². The quantitative estimate of drug-likeness (QED) is 0.0254. The summed E-state index contributed by atoms with van der Waals surface area (Å²) in [4.78, 5) is 170. The van der Waals surface area contributed by atoms with E-state index >= 15 is 9.00 Å². The standard InChI is InChI=1S/C64H96N12O21S2/c1-6-35(2)43-24-40(78)28-69-58(86)38-22-44-42-7-8-51(93-5)45(33-98-20-11-68-53(83)9-12-94-14-16-96-18-19-97-17-15-95-13-10-67-27-39(65)30-76-55(85)21-36(3)63(76)90)57(42)74-62(44)99(92)34-47(71-54(84)29-70-59(43)87)60(88)72-46(26-52(66)82)64(91)75-31-41(79)25-48(75)61(89)73-56(49(80)23-38)37(4)50(81)32-77/h7-8,27,35-38,41,43,46-48,50,56,67,74,77,79,81H,6,9-26,28-34,65H2,1-5H3,(H2,66,82)(H,68,83)(H,69,86)(H,70,87)(H,71,84)(H,72,88)(H,73,89)/b39-27-/t35-,36?,37-,38+,41+,43-,46-,47-,48-,50-,56-,99?/m0/s1. The van der Waals surface area contributed by atoms with Crippen molar-refractivity contribution < 1.29 is 101 Å². The van der Waals surface area contributed by atoms with Crippen LogP contribution in [0.2, 0.25) is 0 Å². The number of primary amides is 1. The highest BCUT2D eigenvalue weighted by atomic mass is 32.2. The largest absolute Gasteiger partial charge is 0.496 e. The molecule has 10 amide bonds. The second-order valence-corrected chi connectivity index (χ2v) is 27.4. The maximum absolute atomic E-state index is 15.4. The van der Waals surface area contributed by atoms with E-state index in [0.717, 1.165) is 9.80 Å². The minimum absolute atomic E-state index is 0.0336. The van der Waals surface area contributed by atoms with Gasteiger partial charge in [-0.1, -0.05) is 34.1 Å². The number of imide groups is 1. The molecule has 0 spiro atoms. The van der Waals surface area contributed by atoms with Gasteiger partial charge in [0.25, 0.3) is 0 Å². The van der Waals surface area contributed by atoms with Gasteiger partial charge in [-0.15, -0.1) is 0 Å². The van der Waals surface area contributed by atoms with E-state index in [1.807, 2.05) is 0 Å². The van der Waals surface area contributed by atoms with Gasteiger partial charge >= 0.3 is 0 Å². The molecule has 0 aliphatic carbocycles. The first kappa shape index (κ1) is 80.3. The Hall–Kier alpha value is -7.64. The number of fused-ring (bicyclic) bond motifs is 5. The number of methoxy groups -OCH3 is 1. The number of H-pyrrole nitrogens is 1. The van der Waals surface area contributed by atoms with Gasteiger partial charge in [-0.25, -0.2) is 0 Å². The first-order valence-electron chi connectivity index (χ1n) is 33.1. The Balaban J connectivity index is 1.16. The zero-order chi connectivity index (χ0) is 72.5. The molecule has 1 aromatic carbocycles. The number of carbonyl (C=O) groups excluding carboxylic acids is 12. The third-order valence-corrected chi connectivity index (χ3v) is 20.0. The predicted octanol–water partition coefficient (Wildman–Crippen LogP) is -3.85. The van der Waals surface area contributed by atoms with E-state index < -0.39 is 188 Å². The average Bonchev–Trinajstić information content (AvgIpc) is 1.62. The number of aliphatic hydroxyl groups excluding tert-OH is 3. The summed E-state index contributed by atoms with van der Waals surface area (Å²) in [5.41, 5.74) is 12.9. The molecule has 1 aromatic heterocycles. The number of hydrogen-bond acceptors (Lipinski definition) is 24. The van der Waals surface area contributed by atoms with E-state index in [1.165, 1.54) is 25.8 Å². The van der Waals surface area contributed by atoms with Gasteiger partial charge in [-0.05, 0) is 30.0 Å². The number of thioether (sulfide) groups is 1. The molecule has 550 valence electrons. The van der Waals surface area contributed by atoms with Crippen LogP contribution in [0.1, 0.15) is 83.8 Å². The van der Waals surface area contributed by atoms with Crippen LogP contribution in [0, 0.1) is 29.6 Å². The topological polar surface area (TPSA) is 487 Å². The molecule has 4 aliphatic heterocycles. The molecule has 6 rings (SSSR count). The fourth-order valence-corrected chi connectivity index (χ4v) is 14.0. The number of aromatic amines is 1. The predicted molar refractivity (Wildman–Crippen MR) is 357 cm³/mol. The van der Waals surface area contributed by atoms with Gasteiger partial charge in [-0.2, -0.15) is 11.8 Å². The fraction of sp³-hybridized carbons (Fsp3) is 0.656. The molecule has 33 nitrogen and oxygen atoms in total. The van der Waals surface area contributed by atoms with Crippen molar-refractivity contribution in [2.45, 2.75) is 126 Å². The molecule has 2 fully saturated rings. The minimum Gasteiger partial charge on any atom is -0.496 e. The van der Waals surface area contributed by atoms with Crippen molar-refractivity contribution in [3.63, 3.8) is 0 Å². The normalized spacial score (nSPS) is 24.5. The molecule has 0 saturated carbocycles. The summed E-state index contributed by atoms with van der Waals surface area (Å²) >= 11 is 1.38. The number of carbonyl (C=O) groups is 12. The number of nitrogens with zero attached hydrogens (tertiary/aromatic N) is 2. The number of hydrogen-bond donors (Lipinski definition) is 13. The van der Waals surface area contributed by atoms with Crippen LogP contribution in [0.25, 0.3) is 10.9 Å². The zero-order valence-corrected chi connectivity index (χ0v) is 58.2. The van der Waals surface area contributed by atoms with Crippen LogP contribution in [0.15, 0.2) is 29.1 Å². The van der Waals surface area contributed by atoms with Gasteiger partial charge in [0.1, 0.15) is 28.9 Å². The number of ketones is 2. The van der Waals surface area contributed by atoms with Gasteiger partial charge in [0, 0.05) is 110 Å². The van der Waals surface area contributed by atoms with Crippen molar-refractivity contribution >= 4 is 104 Å². The van der Waals surface area contributed by atoms with Crippen molar-refractivity contribution in [2.24, 2.45) is 41.1 Å². The summed E-state index contributed by atoms with van der Waals surface area (Å²) in [7, 11) is -1.02. The van der Waals surface area contributed by atoms with Gasteiger partial charge in [0.05, 0.1) is 133 Å². The Morgan fingerprint density at radius 3 is 2.15 bits per heavy atom. The number of aliphatic hydroxyl groups is 3. The van der Waals surface area contributed by atoms with Crippen molar-refractivity contribution in [2.75, 3.05) is 117 Å². The van der Waals surface area contributed by atoms with Crippen molar-refractivity contribution in [3.05, 3.63) is 35.2 Å². The summed E-state index contributed by atoms with van der Waals surface area (Å²) in [6.07, 6.45) is -3.69. The van der Waals surface area contributed by atoms with Crippen molar-refractivity contribution in [1.29, 1.82) is 0 Å². The lowest BCUT2D eigenvalue weighted by molar-refractivity contribution is -0.144. The molecular formula is C64H96N12O21S2. The number of amides is 10. The average molecular weight is 1430 g/mol. The highest BCUT2D eigenvalue weighted by Crippen LogP contribution is 2.37. The second-order valence-electron chi connectivity index (χ2n) is 24.9. The number of likely N-dealkylation sites (tertiary alicyclic amines) is 1. The Morgan fingerprint density at radius 1 is 0.828 bits per heavy atom. The SMILES string of the molecule is CC[C@H](C)[C@@H]1CC(=O)CNC(=O)[C@H]2CC(=O)[C@H]([C@@H](C)[C@@H](O)CO)NC(=O)[C@@H]3C[C@@H](O)CN3C(=O)[C@H](CC(N)=O)NC(=O)[C@H](CS(=O)c3[nH]c4c(CSCCNC(=O)CCOCCOCCOCCOCCN/C=C(\N)CN5C(=O)CC(C)C5=O)c(OC)ccc4c3C2)NC(=O)CNC1=O. The third-order valence-electron chi connectivity index (χ3n) is 17.5. The van der Waals surface area contributed by atoms with Gasteiger partial charge < -0.3 is 97.6 Å². The number of nitrogens with one attached hydrogen (secondary N) is 8. The lowest BCUT2D eigenvalue weighted by Crippen LogP contribution is -2.60. The molecule has 2 unspecified atom stereocenters. The highest BCUT2D eigenvalue weighted by molar-refractivity contribution is 7.98. The fourth-order valence-electron chi connectivity index (χ4n) is 11.7. The number of rotatable bonds is 31. The van der Waals surface area contributed by atoms with E-state index in [4.69, 9.17) is 35.2 Å². The van der Waals surface area contributed by atoms with Crippen LogP contribution < -0.4 is 53.4 Å². The van der Waals surface area contributed by atoms with Crippen molar-refractivity contribution in [1.82, 2.24) is 52.0 Å². The molecule has 0 radical (unpaired) electrons. The molecule has 15 N–H and O–H groups in total. The van der Waals surface area contributed by atoms with Crippen LogP contribution >= 0.6 is 11.8 Å². The summed E-state index contributed by atoms with van der Waals surface area (Å²) < 4.78 is 43.4. The maximum atomic E-state index is 15.4. The van der Waals surface area contributed by atoms with Crippen LogP contribution in [0.3, 0.4) is 0 Å². The number of aromatic nitrogens is 1. The molecule has 2 aromatic rings. The minimum atomic E-state index is -2.44. The Morgan fingerprint density at radius 2 is 1.51 bits per heavy atom.